The molecule has 0 aliphatic rings. The highest BCUT2D eigenvalue weighted by Crippen LogP contribution is 2.25. The summed E-state index contributed by atoms with van der Waals surface area (Å²) in [5, 5.41) is 8.20. The van der Waals surface area contributed by atoms with Crippen molar-refractivity contribution in [3.8, 4) is 0 Å². The molecule has 1 N–H and O–H groups in total. The first-order valence-electron chi connectivity index (χ1n) is 6.37. The van der Waals surface area contributed by atoms with Gasteiger partial charge in [-0.3, -0.25) is 4.68 Å². The molecule has 0 spiro atoms. The Bertz CT molecular complexity index is 591. The molecule has 0 bridgehead atoms. The van der Waals surface area contributed by atoms with Gasteiger partial charge in [-0.2, -0.15) is 5.10 Å². The van der Waals surface area contributed by atoms with Crippen LogP contribution in [-0.2, 0) is 19.9 Å². The van der Waals surface area contributed by atoms with Crippen LogP contribution in [0.4, 0.5) is 11.5 Å². The van der Waals surface area contributed by atoms with Gasteiger partial charge in [-0.15, -0.1) is 0 Å². The van der Waals surface area contributed by atoms with Gasteiger partial charge < -0.3 is 5.32 Å². The molecular weight excluding hydrogens is 262 g/mol. The van der Waals surface area contributed by atoms with Crippen LogP contribution < -0.4 is 5.32 Å². The number of aryl methyl sites for hydroxylation is 3. The first kappa shape index (κ1) is 13.8. The molecule has 2 aromatic rings. The number of aromatic nitrogens is 4. The zero-order valence-corrected chi connectivity index (χ0v) is 12.4. The molecule has 0 aliphatic heterocycles. The van der Waals surface area contributed by atoms with Crippen LogP contribution in [0.15, 0.2) is 6.20 Å². The average molecular weight is 280 g/mol. The molecule has 0 amide bonds. The van der Waals surface area contributed by atoms with E-state index in [9.17, 15) is 0 Å². The highest BCUT2D eigenvalue weighted by Gasteiger charge is 2.12. The quantitative estimate of drug-likeness (QED) is 0.874. The molecule has 2 aromatic heterocycles. The molecule has 0 unspecified atom stereocenters. The minimum absolute atomic E-state index is 0.497. The molecule has 0 atom stereocenters. The maximum absolute atomic E-state index is 6.13. The lowest BCUT2D eigenvalue weighted by molar-refractivity contribution is 0.746. The Morgan fingerprint density at radius 2 is 2.00 bits per heavy atom. The summed E-state index contributed by atoms with van der Waals surface area (Å²) in [6.45, 7) is 5.99. The van der Waals surface area contributed by atoms with Crippen molar-refractivity contribution in [2.75, 3.05) is 5.32 Å². The fourth-order valence-corrected chi connectivity index (χ4v) is 2.03. The number of anilines is 2. The summed E-state index contributed by atoms with van der Waals surface area (Å²) in [5.41, 5.74) is 2.82. The van der Waals surface area contributed by atoms with Crippen molar-refractivity contribution in [2.45, 2.75) is 33.6 Å². The van der Waals surface area contributed by atoms with Crippen LogP contribution in [0.5, 0.6) is 0 Å². The van der Waals surface area contributed by atoms with Gasteiger partial charge in [-0.1, -0.05) is 25.4 Å². The van der Waals surface area contributed by atoms with E-state index in [-0.39, 0.29) is 0 Å². The second kappa shape index (κ2) is 5.57. The van der Waals surface area contributed by atoms with E-state index in [1.165, 1.54) is 0 Å². The fourth-order valence-electron chi connectivity index (χ4n) is 1.84. The van der Waals surface area contributed by atoms with Crippen molar-refractivity contribution in [2.24, 2.45) is 7.05 Å². The van der Waals surface area contributed by atoms with E-state index in [0.717, 1.165) is 41.4 Å². The van der Waals surface area contributed by atoms with Gasteiger partial charge in [0.15, 0.2) is 0 Å². The van der Waals surface area contributed by atoms with E-state index < -0.39 is 0 Å². The lowest BCUT2D eigenvalue weighted by atomic mass is 10.2. The largest absolute Gasteiger partial charge is 0.337 e. The number of nitrogens with zero attached hydrogens (tertiary/aromatic N) is 4. The third kappa shape index (κ3) is 2.87. The second-order valence-corrected chi connectivity index (χ2v) is 4.76. The molecule has 0 aromatic carbocycles. The molecule has 2 heterocycles. The van der Waals surface area contributed by atoms with Crippen LogP contribution in [0.25, 0.3) is 0 Å². The first-order valence-corrected chi connectivity index (χ1v) is 6.75. The zero-order chi connectivity index (χ0) is 14.0. The summed E-state index contributed by atoms with van der Waals surface area (Å²) in [6.07, 6.45) is 3.56. The zero-order valence-electron chi connectivity index (χ0n) is 11.7. The second-order valence-electron chi connectivity index (χ2n) is 4.40. The number of rotatable bonds is 4. The highest BCUT2D eigenvalue weighted by atomic mass is 35.5. The van der Waals surface area contributed by atoms with Crippen LogP contribution in [0.1, 0.15) is 30.9 Å². The normalized spacial score (nSPS) is 10.8. The fraction of sp³-hybridized carbons (Fsp3) is 0.462. The Morgan fingerprint density at radius 3 is 2.63 bits per heavy atom. The van der Waals surface area contributed by atoms with E-state index in [1.807, 2.05) is 27.1 Å². The van der Waals surface area contributed by atoms with Gasteiger partial charge in [-0.25, -0.2) is 9.97 Å². The highest BCUT2D eigenvalue weighted by molar-refractivity contribution is 6.30. The molecule has 0 aliphatic carbocycles. The number of halogens is 1. The van der Waals surface area contributed by atoms with Crippen molar-refractivity contribution >= 4 is 23.1 Å². The van der Waals surface area contributed by atoms with Gasteiger partial charge in [0.05, 0.1) is 11.4 Å². The van der Waals surface area contributed by atoms with Crippen LogP contribution in [0, 0.1) is 6.92 Å². The van der Waals surface area contributed by atoms with Crippen molar-refractivity contribution in [1.82, 2.24) is 19.7 Å². The summed E-state index contributed by atoms with van der Waals surface area (Å²) in [7, 11) is 1.90. The van der Waals surface area contributed by atoms with E-state index in [0.29, 0.717) is 5.15 Å². The molecule has 6 heteroatoms. The predicted molar refractivity (Wildman–Crippen MR) is 77.0 cm³/mol. The Labute approximate surface area is 118 Å². The first-order chi connectivity index (χ1) is 9.05. The number of nitrogens with one attached hydrogen (secondary N) is 1. The maximum atomic E-state index is 6.13. The Hall–Kier alpha value is -1.62. The van der Waals surface area contributed by atoms with Gasteiger partial charge >= 0.3 is 0 Å². The lowest BCUT2D eigenvalue weighted by Crippen LogP contribution is -2.03. The van der Waals surface area contributed by atoms with Gasteiger partial charge in [0.2, 0.25) is 0 Å². The van der Waals surface area contributed by atoms with Gasteiger partial charge in [-0.05, 0) is 13.3 Å². The number of hydrogen-bond acceptors (Lipinski definition) is 4. The van der Waals surface area contributed by atoms with Crippen molar-refractivity contribution in [3.05, 3.63) is 28.4 Å². The molecule has 5 nitrogen and oxygen atoms in total. The average Bonchev–Trinajstić information content (AvgIpc) is 2.74. The van der Waals surface area contributed by atoms with E-state index in [1.54, 1.807) is 4.68 Å². The summed E-state index contributed by atoms with van der Waals surface area (Å²) >= 11 is 6.13. The van der Waals surface area contributed by atoms with Crippen LogP contribution in [0.2, 0.25) is 5.15 Å². The Balaban J connectivity index is 2.39. The molecule has 0 saturated heterocycles. The molecule has 0 saturated carbocycles. The van der Waals surface area contributed by atoms with Crippen molar-refractivity contribution in [3.63, 3.8) is 0 Å². The molecule has 102 valence electrons. The van der Waals surface area contributed by atoms with E-state index >= 15 is 0 Å². The standard InChI is InChI=1S/C13H18ClN5/c1-5-9-10(7-19(4)18-9)15-13-8(3)12(14)16-11(6-2)17-13/h7H,5-6H2,1-4H3,(H,15,16,17). The Morgan fingerprint density at radius 1 is 1.26 bits per heavy atom. The third-order valence-electron chi connectivity index (χ3n) is 2.94. The van der Waals surface area contributed by atoms with Crippen LogP contribution in [-0.4, -0.2) is 19.7 Å². The predicted octanol–water partition coefficient (Wildman–Crippen LogP) is 3.04. The smallest absolute Gasteiger partial charge is 0.138 e. The molecular formula is C13H18ClN5. The topological polar surface area (TPSA) is 55.6 Å². The SMILES string of the molecule is CCc1nc(Cl)c(C)c(Nc2cn(C)nc2CC)n1. The molecule has 2 rings (SSSR count). The summed E-state index contributed by atoms with van der Waals surface area (Å²) in [4.78, 5) is 8.72. The van der Waals surface area contributed by atoms with Crippen molar-refractivity contribution in [1.29, 1.82) is 0 Å². The molecule has 0 fully saturated rings. The van der Waals surface area contributed by atoms with Gasteiger partial charge in [0.25, 0.3) is 0 Å². The lowest BCUT2D eigenvalue weighted by Gasteiger charge is -2.10. The van der Waals surface area contributed by atoms with Gasteiger partial charge in [0, 0.05) is 25.2 Å². The molecule has 19 heavy (non-hydrogen) atoms. The minimum atomic E-state index is 0.497. The van der Waals surface area contributed by atoms with E-state index in [2.05, 4.69) is 27.3 Å². The van der Waals surface area contributed by atoms with E-state index in [4.69, 9.17) is 11.6 Å². The maximum Gasteiger partial charge on any atom is 0.138 e. The van der Waals surface area contributed by atoms with Crippen LogP contribution in [0.3, 0.4) is 0 Å². The minimum Gasteiger partial charge on any atom is -0.337 e. The Kier molecular flexibility index (Phi) is 4.04. The summed E-state index contributed by atoms with van der Waals surface area (Å²) < 4.78 is 1.79. The third-order valence-corrected chi connectivity index (χ3v) is 3.31. The number of hydrogen-bond donors (Lipinski definition) is 1. The van der Waals surface area contributed by atoms with Crippen LogP contribution >= 0.6 is 11.6 Å². The van der Waals surface area contributed by atoms with Gasteiger partial charge in [0.1, 0.15) is 16.8 Å². The molecule has 0 radical (unpaired) electrons. The summed E-state index contributed by atoms with van der Waals surface area (Å²) in [5.74, 6) is 1.49. The monoisotopic (exact) mass is 279 g/mol. The van der Waals surface area contributed by atoms with Crippen molar-refractivity contribution < 1.29 is 0 Å². The summed E-state index contributed by atoms with van der Waals surface area (Å²) in [6, 6.07) is 0.